The highest BCUT2D eigenvalue weighted by molar-refractivity contribution is 14.0. The highest BCUT2D eigenvalue weighted by Crippen LogP contribution is 2.24. The molecule has 2 aliphatic rings. The average molecular weight is 551 g/mol. The number of aliphatic imine (C=N–C) groups is 1. The summed E-state index contributed by atoms with van der Waals surface area (Å²) < 4.78 is 29.3. The third kappa shape index (κ3) is 6.54. The number of halogens is 1. The van der Waals surface area contributed by atoms with Gasteiger partial charge in [0.2, 0.25) is 0 Å². The first-order chi connectivity index (χ1) is 13.8. The smallest absolute Gasteiger partial charge is 0.194 e. The Hall–Kier alpha value is -0.910. The summed E-state index contributed by atoms with van der Waals surface area (Å²) in [5.74, 6) is 0.952. The Morgan fingerprint density at radius 3 is 2.57 bits per heavy atom. The van der Waals surface area contributed by atoms with E-state index in [1.54, 1.807) is 13.8 Å². The minimum atomic E-state index is -3.07. The lowest BCUT2D eigenvalue weighted by atomic mass is 10.1. The van der Waals surface area contributed by atoms with Gasteiger partial charge in [-0.1, -0.05) is 24.3 Å². The number of nitrogens with one attached hydrogen (secondary N) is 1. The van der Waals surface area contributed by atoms with Gasteiger partial charge in [-0.15, -0.1) is 24.0 Å². The van der Waals surface area contributed by atoms with Crippen LogP contribution in [0.3, 0.4) is 0 Å². The first kappa shape index (κ1) is 25.4. The van der Waals surface area contributed by atoms with Crippen LogP contribution in [-0.2, 0) is 27.7 Å². The predicted molar refractivity (Wildman–Crippen MR) is 132 cm³/mol. The molecule has 2 fully saturated rings. The number of ether oxygens (including phenoxy) is 1. The van der Waals surface area contributed by atoms with Crippen molar-refractivity contribution < 1.29 is 13.2 Å². The maximum Gasteiger partial charge on any atom is 0.194 e. The number of benzene rings is 1. The third-order valence-electron chi connectivity index (χ3n) is 5.59. The number of nitrogens with zero attached hydrogens (tertiary/aromatic N) is 3. The topological polar surface area (TPSA) is 74.2 Å². The van der Waals surface area contributed by atoms with E-state index >= 15 is 0 Å². The molecule has 2 heterocycles. The number of sulfone groups is 1. The molecule has 2 saturated heterocycles. The van der Waals surface area contributed by atoms with Gasteiger partial charge in [0.15, 0.2) is 15.8 Å². The zero-order valence-electron chi connectivity index (χ0n) is 18.3. The standard InChI is InChI=1S/C21H34N4O3S.HI/c1-4-22-20(25-10-13-29(26,27)21(2,3)17-25)23-15-18-6-5-7-19(14-18)16-24-8-11-28-12-9-24;/h5-7,14H,4,8-13,15-17H2,1-3H3,(H,22,23);1H. The summed E-state index contributed by atoms with van der Waals surface area (Å²) >= 11 is 0. The van der Waals surface area contributed by atoms with Gasteiger partial charge < -0.3 is 15.0 Å². The molecule has 0 aliphatic carbocycles. The van der Waals surface area contributed by atoms with Crippen molar-refractivity contribution in [3.63, 3.8) is 0 Å². The van der Waals surface area contributed by atoms with Crippen LogP contribution < -0.4 is 5.32 Å². The SMILES string of the molecule is CCNC(=NCc1cccc(CN2CCOCC2)c1)N1CCS(=O)(=O)C(C)(C)C1.I. The summed E-state index contributed by atoms with van der Waals surface area (Å²) in [5, 5.41) is 3.33. The first-order valence-electron chi connectivity index (χ1n) is 10.4. The fourth-order valence-electron chi connectivity index (χ4n) is 3.76. The molecule has 0 spiro atoms. The predicted octanol–water partition coefficient (Wildman–Crippen LogP) is 2.11. The van der Waals surface area contributed by atoms with Crippen LogP contribution in [0.5, 0.6) is 0 Å². The molecular weight excluding hydrogens is 515 g/mol. The second kappa shape index (κ2) is 11.1. The molecule has 0 aromatic heterocycles. The Morgan fingerprint density at radius 1 is 1.20 bits per heavy atom. The van der Waals surface area contributed by atoms with Crippen LogP contribution in [0, 0.1) is 0 Å². The third-order valence-corrected chi connectivity index (χ3v) is 8.12. The quantitative estimate of drug-likeness (QED) is 0.344. The van der Waals surface area contributed by atoms with E-state index in [4.69, 9.17) is 9.73 Å². The zero-order chi connectivity index (χ0) is 20.9. The van der Waals surface area contributed by atoms with Crippen molar-refractivity contribution >= 4 is 39.8 Å². The van der Waals surface area contributed by atoms with Crippen molar-refractivity contribution in [2.24, 2.45) is 4.99 Å². The highest BCUT2D eigenvalue weighted by Gasteiger charge is 2.40. The summed E-state index contributed by atoms with van der Waals surface area (Å²) in [6.45, 7) is 12.4. The monoisotopic (exact) mass is 550 g/mol. The van der Waals surface area contributed by atoms with Gasteiger partial charge >= 0.3 is 0 Å². The number of rotatable bonds is 5. The Kier molecular flexibility index (Phi) is 9.38. The molecule has 1 aromatic carbocycles. The molecule has 0 amide bonds. The zero-order valence-corrected chi connectivity index (χ0v) is 21.4. The van der Waals surface area contributed by atoms with Crippen molar-refractivity contribution in [1.82, 2.24) is 15.1 Å². The molecule has 1 aromatic rings. The lowest BCUT2D eigenvalue weighted by Crippen LogP contribution is -2.57. The van der Waals surface area contributed by atoms with Crippen LogP contribution in [0.2, 0.25) is 0 Å². The molecule has 0 bridgehead atoms. The summed E-state index contributed by atoms with van der Waals surface area (Å²) in [7, 11) is -3.07. The van der Waals surface area contributed by atoms with E-state index in [9.17, 15) is 8.42 Å². The lowest BCUT2D eigenvalue weighted by Gasteiger charge is -2.39. The molecule has 0 unspecified atom stereocenters. The Morgan fingerprint density at radius 2 is 1.90 bits per heavy atom. The van der Waals surface area contributed by atoms with Crippen molar-refractivity contribution in [1.29, 1.82) is 0 Å². The number of morpholine rings is 1. The van der Waals surface area contributed by atoms with Crippen LogP contribution in [0.4, 0.5) is 0 Å². The van der Waals surface area contributed by atoms with E-state index in [2.05, 4.69) is 39.4 Å². The molecule has 3 rings (SSSR count). The molecule has 2 aliphatic heterocycles. The Balaban J connectivity index is 0.00000320. The van der Waals surface area contributed by atoms with E-state index in [-0.39, 0.29) is 29.7 Å². The van der Waals surface area contributed by atoms with E-state index in [0.29, 0.717) is 19.6 Å². The van der Waals surface area contributed by atoms with Gasteiger partial charge in [-0.25, -0.2) is 13.4 Å². The van der Waals surface area contributed by atoms with Crippen LogP contribution in [0.25, 0.3) is 0 Å². The van der Waals surface area contributed by atoms with E-state index in [1.807, 2.05) is 6.92 Å². The highest BCUT2D eigenvalue weighted by atomic mass is 127. The fourth-order valence-corrected chi connectivity index (χ4v) is 5.13. The molecular formula is C21H35IN4O3S. The summed E-state index contributed by atoms with van der Waals surface area (Å²) in [5.41, 5.74) is 2.45. The molecule has 30 heavy (non-hydrogen) atoms. The lowest BCUT2D eigenvalue weighted by molar-refractivity contribution is 0.0342. The van der Waals surface area contributed by atoms with E-state index in [0.717, 1.165) is 50.9 Å². The maximum atomic E-state index is 12.3. The molecule has 7 nitrogen and oxygen atoms in total. The van der Waals surface area contributed by atoms with Crippen LogP contribution in [0.1, 0.15) is 31.9 Å². The van der Waals surface area contributed by atoms with E-state index in [1.165, 1.54) is 5.56 Å². The van der Waals surface area contributed by atoms with Crippen LogP contribution in [-0.4, -0.2) is 80.6 Å². The van der Waals surface area contributed by atoms with Gasteiger partial charge in [0.05, 0.1) is 30.3 Å². The largest absolute Gasteiger partial charge is 0.379 e. The number of hydrogen-bond donors (Lipinski definition) is 1. The van der Waals surface area contributed by atoms with Crippen LogP contribution >= 0.6 is 24.0 Å². The first-order valence-corrected chi connectivity index (χ1v) is 12.1. The normalized spacial score (nSPS) is 21.7. The van der Waals surface area contributed by atoms with Gasteiger partial charge in [0, 0.05) is 39.3 Å². The van der Waals surface area contributed by atoms with Crippen LogP contribution in [0.15, 0.2) is 29.3 Å². The van der Waals surface area contributed by atoms with Gasteiger partial charge in [-0.3, -0.25) is 4.90 Å². The minimum absolute atomic E-state index is 0. The molecule has 9 heteroatoms. The number of guanidine groups is 1. The van der Waals surface area contributed by atoms with Gasteiger partial charge in [0.25, 0.3) is 0 Å². The molecule has 0 saturated carbocycles. The van der Waals surface area contributed by atoms with Gasteiger partial charge in [-0.05, 0) is 31.9 Å². The average Bonchev–Trinajstić information content (AvgIpc) is 2.68. The van der Waals surface area contributed by atoms with Gasteiger partial charge in [0.1, 0.15) is 0 Å². The van der Waals surface area contributed by atoms with Crippen molar-refractivity contribution in [3.05, 3.63) is 35.4 Å². The maximum absolute atomic E-state index is 12.3. The minimum Gasteiger partial charge on any atom is -0.379 e. The second-order valence-corrected chi connectivity index (χ2v) is 11.1. The summed E-state index contributed by atoms with van der Waals surface area (Å²) in [6.07, 6.45) is 0. The molecule has 0 radical (unpaired) electrons. The van der Waals surface area contributed by atoms with E-state index < -0.39 is 14.6 Å². The summed E-state index contributed by atoms with van der Waals surface area (Å²) in [6, 6.07) is 8.56. The van der Waals surface area contributed by atoms with Gasteiger partial charge in [-0.2, -0.15) is 0 Å². The Bertz CT molecular complexity index is 823. The van der Waals surface area contributed by atoms with Crippen molar-refractivity contribution in [2.45, 2.75) is 38.6 Å². The summed E-state index contributed by atoms with van der Waals surface area (Å²) in [4.78, 5) is 9.29. The Labute approximate surface area is 198 Å². The molecule has 170 valence electrons. The van der Waals surface area contributed by atoms with Crippen molar-refractivity contribution in [2.75, 3.05) is 51.7 Å². The van der Waals surface area contributed by atoms with Crippen molar-refractivity contribution in [3.8, 4) is 0 Å². The molecule has 0 atom stereocenters. The number of hydrogen-bond acceptors (Lipinski definition) is 5. The fraction of sp³-hybridized carbons (Fsp3) is 0.667. The second-order valence-electron chi connectivity index (χ2n) is 8.38. The molecule has 1 N–H and O–H groups in total.